The van der Waals surface area contributed by atoms with Crippen LogP contribution in [0.25, 0.3) is 0 Å². The first-order chi connectivity index (χ1) is 12.0. The monoisotopic (exact) mass is 366 g/mol. The van der Waals surface area contributed by atoms with Crippen LogP contribution < -0.4 is 10.1 Å². The molecule has 0 saturated heterocycles. The van der Waals surface area contributed by atoms with E-state index in [2.05, 4.69) is 59.8 Å². The molecule has 3 N–H and O–H groups in total. The normalized spacial score (nSPS) is 13.9. The Morgan fingerprint density at radius 1 is 1.04 bits per heavy atom. The molecule has 0 aliphatic rings. The molecule has 1 aromatic rings. The molecule has 0 aliphatic carbocycles. The van der Waals surface area contributed by atoms with E-state index in [4.69, 9.17) is 9.47 Å². The lowest BCUT2D eigenvalue weighted by Gasteiger charge is -2.31. The Morgan fingerprint density at radius 2 is 1.69 bits per heavy atom. The van der Waals surface area contributed by atoms with Gasteiger partial charge >= 0.3 is 0 Å². The minimum atomic E-state index is -0.461. The van der Waals surface area contributed by atoms with Crippen LogP contribution in [0.3, 0.4) is 0 Å². The summed E-state index contributed by atoms with van der Waals surface area (Å²) >= 11 is 0. The van der Waals surface area contributed by atoms with E-state index in [0.29, 0.717) is 32.3 Å². The number of hydrogen-bond acceptors (Lipinski definition) is 3. The predicted molar refractivity (Wildman–Crippen MR) is 108 cm³/mol. The van der Waals surface area contributed by atoms with Gasteiger partial charge in [0.2, 0.25) is 0 Å². The number of hydrogen-bond donors (Lipinski definition) is 2. The molecular weight excluding hydrogens is 326 g/mol. The number of para-hydroxylation sites is 1. The Morgan fingerprint density at radius 3 is 2.31 bits per heavy atom. The average Bonchev–Trinajstić information content (AvgIpc) is 2.50. The van der Waals surface area contributed by atoms with Gasteiger partial charge in [-0.25, -0.2) is 0 Å². The second-order valence-electron chi connectivity index (χ2n) is 9.44. The summed E-state index contributed by atoms with van der Waals surface area (Å²) in [4.78, 5) is 0. The van der Waals surface area contributed by atoms with Crippen LogP contribution >= 0.6 is 0 Å². The highest BCUT2D eigenvalue weighted by molar-refractivity contribution is 5.35. The van der Waals surface area contributed by atoms with Crippen LogP contribution in [-0.2, 0) is 4.74 Å². The number of rotatable bonds is 11. The van der Waals surface area contributed by atoms with E-state index in [1.807, 2.05) is 18.2 Å². The van der Waals surface area contributed by atoms with Crippen LogP contribution in [0.4, 0.5) is 0 Å². The quantitative estimate of drug-likeness (QED) is 0.591. The largest absolute Gasteiger partial charge is 0.491 e. The van der Waals surface area contributed by atoms with Crippen molar-refractivity contribution in [1.82, 2.24) is 0 Å². The third kappa shape index (κ3) is 9.56. The van der Waals surface area contributed by atoms with E-state index < -0.39 is 6.10 Å². The van der Waals surface area contributed by atoms with E-state index in [9.17, 15) is 5.11 Å². The fraction of sp³-hybridized carbons (Fsp3) is 0.727. The third-order valence-corrected chi connectivity index (χ3v) is 4.26. The van der Waals surface area contributed by atoms with E-state index >= 15 is 0 Å². The van der Waals surface area contributed by atoms with E-state index in [0.717, 1.165) is 12.2 Å². The summed E-state index contributed by atoms with van der Waals surface area (Å²) in [6, 6.07) is 8.12. The fourth-order valence-corrected chi connectivity index (χ4v) is 3.48. The van der Waals surface area contributed by atoms with Crippen LogP contribution in [-0.4, -0.2) is 43.1 Å². The van der Waals surface area contributed by atoms with Crippen LogP contribution in [0.5, 0.6) is 5.75 Å². The minimum absolute atomic E-state index is 0.114. The maximum Gasteiger partial charge on any atom is 0.126 e. The Kier molecular flexibility index (Phi) is 9.08. The first kappa shape index (κ1) is 22.9. The molecule has 4 nitrogen and oxygen atoms in total. The Balaban J connectivity index is 2.24. The highest BCUT2D eigenvalue weighted by Gasteiger charge is 2.28. The van der Waals surface area contributed by atoms with Crippen LogP contribution in [0.1, 0.15) is 66.4 Å². The predicted octanol–water partition coefficient (Wildman–Crippen LogP) is 3.34. The summed E-state index contributed by atoms with van der Waals surface area (Å²) < 4.78 is 11.4. The molecule has 0 bridgehead atoms. The summed E-state index contributed by atoms with van der Waals surface area (Å²) in [6.45, 7) is 17.5. The van der Waals surface area contributed by atoms with Crippen molar-refractivity contribution < 1.29 is 19.9 Å². The zero-order valence-electron chi connectivity index (χ0n) is 17.8. The van der Waals surface area contributed by atoms with Gasteiger partial charge < -0.3 is 19.9 Å². The summed E-state index contributed by atoms with van der Waals surface area (Å²) in [7, 11) is 0. The molecule has 0 aromatic heterocycles. The molecule has 0 amide bonds. The van der Waals surface area contributed by atoms with Crippen molar-refractivity contribution in [3.63, 3.8) is 0 Å². The lowest BCUT2D eigenvalue weighted by atomic mass is 9.82. The molecule has 0 aliphatic heterocycles. The van der Waals surface area contributed by atoms with Gasteiger partial charge in [0, 0.05) is 6.42 Å². The first-order valence-corrected chi connectivity index (χ1v) is 9.82. The molecular formula is C22H40NO3+. The molecule has 26 heavy (non-hydrogen) atoms. The van der Waals surface area contributed by atoms with Crippen molar-refractivity contribution in [2.45, 2.75) is 72.4 Å². The molecule has 0 saturated carbocycles. The number of aliphatic hydroxyl groups is 1. The molecule has 0 radical (unpaired) electrons. The van der Waals surface area contributed by atoms with Crippen LogP contribution in [0.15, 0.2) is 24.3 Å². The number of benzene rings is 1. The Bertz CT molecular complexity index is 520. The molecule has 0 fully saturated rings. The molecule has 150 valence electrons. The average molecular weight is 367 g/mol. The van der Waals surface area contributed by atoms with Crippen molar-refractivity contribution in [3.8, 4) is 5.75 Å². The Labute approximate surface area is 160 Å². The molecule has 0 unspecified atom stereocenters. The van der Waals surface area contributed by atoms with E-state index in [1.54, 1.807) is 0 Å². The summed E-state index contributed by atoms with van der Waals surface area (Å²) in [6.07, 6.45) is 0.633. The number of aliphatic hydroxyl groups excluding tert-OH is 1. The van der Waals surface area contributed by atoms with Crippen molar-refractivity contribution in [2.75, 3.05) is 26.4 Å². The zero-order valence-corrected chi connectivity index (χ0v) is 17.8. The highest BCUT2D eigenvalue weighted by atomic mass is 16.5. The number of quaternary nitrogens is 1. The van der Waals surface area contributed by atoms with Gasteiger partial charge in [-0.2, -0.15) is 0 Å². The summed E-state index contributed by atoms with van der Waals surface area (Å²) in [5.41, 5.74) is 1.61. The third-order valence-electron chi connectivity index (χ3n) is 4.26. The topological polar surface area (TPSA) is 55.3 Å². The van der Waals surface area contributed by atoms with Crippen LogP contribution in [0, 0.1) is 5.41 Å². The smallest absolute Gasteiger partial charge is 0.126 e. The van der Waals surface area contributed by atoms with Gasteiger partial charge in [-0.15, -0.1) is 0 Å². The highest BCUT2D eigenvalue weighted by Crippen LogP contribution is 2.26. The molecule has 1 atom stereocenters. The SMILES string of the molecule is CC(C)c1ccccc1OCCOC[C@H](O)C[NH2+]C(C)(C)CC(C)(C)C. The maximum atomic E-state index is 10.1. The zero-order chi connectivity index (χ0) is 19.8. The van der Waals surface area contributed by atoms with Gasteiger partial charge in [-0.1, -0.05) is 52.8 Å². The summed E-state index contributed by atoms with van der Waals surface area (Å²) in [5, 5.41) is 12.4. The Hall–Kier alpha value is -1.10. The first-order valence-electron chi connectivity index (χ1n) is 9.82. The van der Waals surface area contributed by atoms with E-state index in [1.165, 1.54) is 5.56 Å². The van der Waals surface area contributed by atoms with Gasteiger partial charge in [-0.05, 0) is 36.8 Å². The molecule has 0 spiro atoms. The number of nitrogens with two attached hydrogens (primary N) is 1. The van der Waals surface area contributed by atoms with Gasteiger partial charge in [0.1, 0.15) is 25.0 Å². The second kappa shape index (κ2) is 10.3. The van der Waals surface area contributed by atoms with Crippen molar-refractivity contribution in [1.29, 1.82) is 0 Å². The second-order valence-corrected chi connectivity index (χ2v) is 9.44. The molecule has 1 rings (SSSR count). The lowest BCUT2D eigenvalue weighted by Crippen LogP contribution is -2.97. The standard InChI is InChI=1S/C22H39NO3/c1-17(2)19-10-8-9-11-20(19)26-13-12-25-15-18(24)14-23-22(6,7)16-21(3,4)5/h8-11,17-18,23-24H,12-16H2,1-7H3/p+1/t18-/m1/s1. The minimum Gasteiger partial charge on any atom is -0.491 e. The van der Waals surface area contributed by atoms with Gasteiger partial charge in [0.05, 0.1) is 18.8 Å². The number of ether oxygens (including phenoxy) is 2. The van der Waals surface area contributed by atoms with E-state index in [-0.39, 0.29) is 11.0 Å². The summed E-state index contributed by atoms with van der Waals surface area (Å²) in [5.74, 6) is 1.35. The molecule has 4 heteroatoms. The van der Waals surface area contributed by atoms with Gasteiger partial charge in [0.15, 0.2) is 0 Å². The molecule has 1 aromatic carbocycles. The van der Waals surface area contributed by atoms with Crippen molar-refractivity contribution in [2.24, 2.45) is 5.41 Å². The fourth-order valence-electron chi connectivity index (χ4n) is 3.48. The maximum absolute atomic E-state index is 10.1. The lowest BCUT2D eigenvalue weighted by molar-refractivity contribution is -0.728. The van der Waals surface area contributed by atoms with Crippen molar-refractivity contribution in [3.05, 3.63) is 29.8 Å². The van der Waals surface area contributed by atoms with Gasteiger partial charge in [-0.3, -0.25) is 0 Å². The van der Waals surface area contributed by atoms with Crippen molar-refractivity contribution >= 4 is 0 Å². The van der Waals surface area contributed by atoms with Gasteiger partial charge in [0.25, 0.3) is 0 Å². The molecule has 0 heterocycles. The van der Waals surface area contributed by atoms with Crippen LogP contribution in [0.2, 0.25) is 0 Å².